The van der Waals surface area contributed by atoms with Gasteiger partial charge in [0.2, 0.25) is 0 Å². The second-order valence-electron chi connectivity index (χ2n) is 6.04. The Morgan fingerprint density at radius 2 is 2.00 bits per heavy atom. The van der Waals surface area contributed by atoms with E-state index in [1.807, 2.05) is 0 Å². The van der Waals surface area contributed by atoms with Gasteiger partial charge in [-0.3, -0.25) is 4.79 Å². The highest BCUT2D eigenvalue weighted by atomic mass is 35.5. The van der Waals surface area contributed by atoms with Crippen LogP contribution < -0.4 is 0 Å². The number of likely N-dealkylation sites (tertiary alicyclic amines) is 1. The fraction of sp³-hybridized carbons (Fsp3) is 0.500. The quantitative estimate of drug-likeness (QED) is 0.907. The van der Waals surface area contributed by atoms with Crippen LogP contribution in [-0.2, 0) is 4.79 Å². The van der Waals surface area contributed by atoms with Crippen LogP contribution in [0.5, 0.6) is 0 Å². The Bertz CT molecular complexity index is 621. The first-order chi connectivity index (χ1) is 10.5. The van der Waals surface area contributed by atoms with Gasteiger partial charge in [0, 0.05) is 11.1 Å². The number of carboxylic acid groups (broad SMARTS) is 1. The summed E-state index contributed by atoms with van der Waals surface area (Å²) in [5.74, 6) is -2.07. The van der Waals surface area contributed by atoms with Crippen LogP contribution in [0.1, 0.15) is 42.5 Å². The van der Waals surface area contributed by atoms with Crippen molar-refractivity contribution in [3.63, 3.8) is 0 Å². The van der Waals surface area contributed by atoms with Crippen molar-refractivity contribution >= 4 is 23.5 Å². The third-order valence-electron chi connectivity index (χ3n) is 4.77. The average Bonchev–Trinajstić information content (AvgIpc) is 2.86. The van der Waals surface area contributed by atoms with Crippen LogP contribution in [0.25, 0.3) is 0 Å². The number of carbonyl (C=O) groups excluding carboxylic acids is 1. The number of hydrogen-bond acceptors (Lipinski definition) is 2. The minimum atomic E-state index is -1.02. The van der Waals surface area contributed by atoms with Crippen molar-refractivity contribution in [2.75, 3.05) is 0 Å². The molecule has 1 aliphatic carbocycles. The Kier molecular flexibility index (Phi) is 4.08. The molecule has 1 aromatic carbocycles. The monoisotopic (exact) mass is 325 g/mol. The van der Waals surface area contributed by atoms with E-state index in [0.29, 0.717) is 6.42 Å². The van der Waals surface area contributed by atoms with E-state index in [4.69, 9.17) is 11.6 Å². The van der Waals surface area contributed by atoms with Crippen molar-refractivity contribution in [2.24, 2.45) is 5.92 Å². The van der Waals surface area contributed by atoms with E-state index in [1.165, 1.54) is 17.0 Å². The lowest BCUT2D eigenvalue weighted by molar-refractivity contribution is -0.141. The van der Waals surface area contributed by atoms with Crippen LogP contribution in [0.2, 0.25) is 5.02 Å². The molecule has 2 aliphatic rings. The number of aliphatic carboxylic acids is 1. The summed E-state index contributed by atoms with van der Waals surface area (Å²) in [6, 6.07) is 2.89. The summed E-state index contributed by atoms with van der Waals surface area (Å²) >= 11 is 5.71. The summed E-state index contributed by atoms with van der Waals surface area (Å²) < 4.78 is 14.0. The van der Waals surface area contributed by atoms with E-state index < -0.39 is 23.7 Å². The summed E-state index contributed by atoms with van der Waals surface area (Å²) in [6.45, 7) is 0. The maximum Gasteiger partial charge on any atom is 0.326 e. The molecule has 22 heavy (non-hydrogen) atoms. The van der Waals surface area contributed by atoms with Gasteiger partial charge < -0.3 is 10.0 Å². The molecule has 1 saturated heterocycles. The Morgan fingerprint density at radius 3 is 2.68 bits per heavy atom. The summed E-state index contributed by atoms with van der Waals surface area (Å²) in [5, 5.41) is 9.64. The fourth-order valence-electron chi connectivity index (χ4n) is 3.77. The zero-order chi connectivity index (χ0) is 15.9. The first-order valence-electron chi connectivity index (χ1n) is 7.49. The number of nitrogens with zero attached hydrogens (tertiary/aromatic N) is 1. The van der Waals surface area contributed by atoms with Gasteiger partial charge in [0.05, 0.1) is 5.56 Å². The highest BCUT2D eigenvalue weighted by Crippen LogP contribution is 2.40. The van der Waals surface area contributed by atoms with Gasteiger partial charge in [-0.1, -0.05) is 24.4 Å². The summed E-state index contributed by atoms with van der Waals surface area (Å²) in [7, 11) is 0. The third kappa shape index (κ3) is 2.58. The highest BCUT2D eigenvalue weighted by Gasteiger charge is 2.48. The fourth-order valence-corrected chi connectivity index (χ4v) is 3.93. The third-order valence-corrected chi connectivity index (χ3v) is 5.00. The normalized spacial score (nSPS) is 27.5. The first kappa shape index (κ1) is 15.3. The van der Waals surface area contributed by atoms with E-state index in [0.717, 1.165) is 31.7 Å². The number of rotatable bonds is 2. The number of carboxylic acids is 1. The van der Waals surface area contributed by atoms with E-state index in [9.17, 15) is 19.1 Å². The van der Waals surface area contributed by atoms with E-state index in [-0.39, 0.29) is 22.5 Å². The standard InChI is InChI=1S/C16H17ClFNO3/c17-10-5-6-11(12(18)8-10)15(20)19-13-4-2-1-3-9(13)7-14(19)16(21)22/h5-6,8-9,13-14H,1-4,7H2,(H,21,22). The molecule has 2 fully saturated rings. The van der Waals surface area contributed by atoms with Crippen LogP contribution >= 0.6 is 11.6 Å². The largest absolute Gasteiger partial charge is 0.480 e. The molecule has 0 spiro atoms. The van der Waals surface area contributed by atoms with E-state index in [2.05, 4.69) is 0 Å². The molecule has 0 aromatic heterocycles. The Labute approximate surface area is 132 Å². The van der Waals surface area contributed by atoms with Crippen molar-refractivity contribution < 1.29 is 19.1 Å². The maximum absolute atomic E-state index is 14.0. The maximum atomic E-state index is 14.0. The zero-order valence-electron chi connectivity index (χ0n) is 12.0. The van der Waals surface area contributed by atoms with E-state index >= 15 is 0 Å². The molecule has 6 heteroatoms. The Hall–Kier alpha value is -1.62. The van der Waals surface area contributed by atoms with Crippen molar-refractivity contribution in [3.8, 4) is 0 Å². The van der Waals surface area contributed by atoms with Crippen LogP contribution in [0, 0.1) is 11.7 Å². The van der Waals surface area contributed by atoms with Crippen LogP contribution in [0.15, 0.2) is 18.2 Å². The molecule has 1 amide bonds. The number of fused-ring (bicyclic) bond motifs is 1. The number of amides is 1. The molecule has 0 bridgehead atoms. The summed E-state index contributed by atoms with van der Waals surface area (Å²) in [4.78, 5) is 25.6. The van der Waals surface area contributed by atoms with E-state index in [1.54, 1.807) is 0 Å². The second kappa shape index (κ2) is 5.88. The average molecular weight is 326 g/mol. The van der Waals surface area contributed by atoms with Gasteiger partial charge in [0.25, 0.3) is 5.91 Å². The molecular weight excluding hydrogens is 309 g/mol. The van der Waals surface area contributed by atoms with Crippen LogP contribution in [0.4, 0.5) is 4.39 Å². The molecule has 1 aromatic rings. The SMILES string of the molecule is O=C(O)C1CC2CCCCC2N1C(=O)c1ccc(Cl)cc1F. The molecule has 1 N–H and O–H groups in total. The van der Waals surface area contributed by atoms with Gasteiger partial charge in [0.1, 0.15) is 11.9 Å². The zero-order valence-corrected chi connectivity index (χ0v) is 12.7. The lowest BCUT2D eigenvalue weighted by Crippen LogP contribution is -2.46. The molecule has 1 saturated carbocycles. The van der Waals surface area contributed by atoms with Crippen molar-refractivity contribution in [2.45, 2.75) is 44.2 Å². The Balaban J connectivity index is 1.95. The van der Waals surface area contributed by atoms with Gasteiger partial charge in [-0.2, -0.15) is 0 Å². The second-order valence-corrected chi connectivity index (χ2v) is 6.47. The smallest absolute Gasteiger partial charge is 0.326 e. The van der Waals surface area contributed by atoms with Gasteiger partial charge in [-0.05, 0) is 43.4 Å². The molecule has 118 valence electrons. The Morgan fingerprint density at radius 1 is 1.27 bits per heavy atom. The van der Waals surface area contributed by atoms with Crippen LogP contribution in [-0.4, -0.2) is 34.0 Å². The van der Waals surface area contributed by atoms with Crippen molar-refractivity contribution in [3.05, 3.63) is 34.6 Å². The molecule has 1 heterocycles. The number of hydrogen-bond donors (Lipinski definition) is 1. The van der Waals surface area contributed by atoms with Gasteiger partial charge >= 0.3 is 5.97 Å². The first-order valence-corrected chi connectivity index (χ1v) is 7.87. The van der Waals surface area contributed by atoms with Gasteiger partial charge in [-0.25, -0.2) is 9.18 Å². The van der Waals surface area contributed by atoms with Crippen molar-refractivity contribution in [1.29, 1.82) is 0 Å². The molecule has 0 radical (unpaired) electrons. The lowest BCUT2D eigenvalue weighted by atomic mass is 9.84. The number of benzene rings is 1. The minimum absolute atomic E-state index is 0.0996. The molecule has 1 aliphatic heterocycles. The molecule has 3 rings (SSSR count). The predicted octanol–water partition coefficient (Wildman–Crippen LogP) is 3.34. The van der Waals surface area contributed by atoms with Crippen molar-refractivity contribution in [1.82, 2.24) is 4.90 Å². The lowest BCUT2D eigenvalue weighted by Gasteiger charge is -2.33. The van der Waals surface area contributed by atoms with Gasteiger partial charge in [-0.15, -0.1) is 0 Å². The molecular formula is C16H17ClFNO3. The number of carbonyl (C=O) groups is 2. The molecule has 3 atom stereocenters. The molecule has 4 nitrogen and oxygen atoms in total. The molecule has 3 unspecified atom stereocenters. The number of halogens is 2. The minimum Gasteiger partial charge on any atom is -0.480 e. The predicted molar refractivity (Wildman–Crippen MR) is 79.4 cm³/mol. The van der Waals surface area contributed by atoms with Gasteiger partial charge in [0.15, 0.2) is 0 Å². The summed E-state index contributed by atoms with van der Waals surface area (Å²) in [6.07, 6.45) is 4.21. The highest BCUT2D eigenvalue weighted by molar-refractivity contribution is 6.30. The van der Waals surface area contributed by atoms with Crippen LogP contribution in [0.3, 0.4) is 0 Å². The summed E-state index contributed by atoms with van der Waals surface area (Å²) in [5.41, 5.74) is -0.109. The topological polar surface area (TPSA) is 57.6 Å².